The van der Waals surface area contributed by atoms with E-state index in [4.69, 9.17) is 4.74 Å². The van der Waals surface area contributed by atoms with Gasteiger partial charge in [-0.05, 0) is 49.7 Å². The van der Waals surface area contributed by atoms with Gasteiger partial charge < -0.3 is 15.4 Å². The number of anilines is 1. The minimum atomic E-state index is -0.453. The van der Waals surface area contributed by atoms with Crippen molar-refractivity contribution in [3.05, 3.63) is 65.5 Å². The molecule has 0 radical (unpaired) electrons. The number of halogens is 1. The molecular formula is C22H26FN3O4. The Morgan fingerprint density at radius 2 is 1.77 bits per heavy atom. The molecule has 2 N–H and O–H groups in total. The molecule has 2 amide bonds. The summed E-state index contributed by atoms with van der Waals surface area (Å²) in [6, 6.07) is 12.4. The number of hydrogen-bond donors (Lipinski definition) is 2. The Morgan fingerprint density at radius 1 is 1.03 bits per heavy atom. The van der Waals surface area contributed by atoms with E-state index < -0.39 is 5.97 Å². The molecule has 2 aromatic carbocycles. The summed E-state index contributed by atoms with van der Waals surface area (Å²) in [4.78, 5) is 38.0. The summed E-state index contributed by atoms with van der Waals surface area (Å²) in [5, 5.41) is 5.44. The lowest BCUT2D eigenvalue weighted by molar-refractivity contribution is -0.144. The molecule has 0 spiro atoms. The number of benzene rings is 2. The number of rotatable bonds is 10. The molecule has 0 aliphatic carbocycles. The first-order valence-corrected chi connectivity index (χ1v) is 9.71. The van der Waals surface area contributed by atoms with Gasteiger partial charge >= 0.3 is 5.97 Å². The second-order valence-electron chi connectivity index (χ2n) is 6.57. The number of carbonyl (C=O) groups is 3. The van der Waals surface area contributed by atoms with Crippen molar-refractivity contribution in [3.8, 4) is 0 Å². The molecule has 0 aliphatic rings. The second-order valence-corrected chi connectivity index (χ2v) is 6.57. The molecule has 0 heterocycles. The van der Waals surface area contributed by atoms with E-state index in [2.05, 4.69) is 10.6 Å². The summed E-state index contributed by atoms with van der Waals surface area (Å²) in [5.41, 5.74) is 1.66. The van der Waals surface area contributed by atoms with Crippen molar-refractivity contribution in [2.75, 3.05) is 31.6 Å². The molecule has 0 aromatic heterocycles. The van der Waals surface area contributed by atoms with Crippen molar-refractivity contribution in [2.24, 2.45) is 0 Å². The van der Waals surface area contributed by atoms with E-state index in [1.165, 1.54) is 12.1 Å². The zero-order valence-electron chi connectivity index (χ0n) is 17.1. The third-order valence-corrected chi connectivity index (χ3v) is 4.09. The number of nitrogens with one attached hydrogen (secondary N) is 2. The number of ether oxygens (including phenoxy) is 1. The van der Waals surface area contributed by atoms with E-state index >= 15 is 0 Å². The summed E-state index contributed by atoms with van der Waals surface area (Å²) in [5.74, 6) is -1.39. The number of carbonyl (C=O) groups excluding carboxylic acids is 3. The SMILES string of the molecule is CCNC(=O)c1cccc(NC(=O)CN(CC(=O)OCC)Cc2ccc(F)cc2)c1. The first-order chi connectivity index (χ1) is 14.4. The molecule has 0 saturated heterocycles. The molecule has 0 saturated carbocycles. The standard InChI is InChI=1S/C22H26FN3O4/c1-3-24-22(29)17-6-5-7-19(12-17)25-20(27)14-26(15-21(28)30-4-2)13-16-8-10-18(23)11-9-16/h5-12H,3-4,13-15H2,1-2H3,(H,24,29)(H,25,27). The maximum Gasteiger partial charge on any atom is 0.320 e. The summed E-state index contributed by atoms with van der Waals surface area (Å²) in [6.45, 7) is 4.37. The average molecular weight is 415 g/mol. The van der Waals surface area contributed by atoms with Gasteiger partial charge in [-0.15, -0.1) is 0 Å². The van der Waals surface area contributed by atoms with Crippen molar-refractivity contribution in [3.63, 3.8) is 0 Å². The van der Waals surface area contributed by atoms with Gasteiger partial charge in [-0.25, -0.2) is 4.39 Å². The van der Waals surface area contributed by atoms with Crippen LogP contribution >= 0.6 is 0 Å². The normalized spacial score (nSPS) is 10.5. The van der Waals surface area contributed by atoms with Crippen molar-refractivity contribution in [1.29, 1.82) is 0 Å². The Balaban J connectivity index is 2.05. The van der Waals surface area contributed by atoms with Gasteiger partial charge in [-0.1, -0.05) is 18.2 Å². The van der Waals surface area contributed by atoms with Gasteiger partial charge in [0.05, 0.1) is 19.7 Å². The lowest BCUT2D eigenvalue weighted by atomic mass is 10.2. The van der Waals surface area contributed by atoms with E-state index in [9.17, 15) is 18.8 Å². The Bertz CT molecular complexity index is 871. The third-order valence-electron chi connectivity index (χ3n) is 4.09. The quantitative estimate of drug-likeness (QED) is 0.583. The zero-order valence-corrected chi connectivity index (χ0v) is 17.1. The first-order valence-electron chi connectivity index (χ1n) is 9.71. The molecule has 0 fully saturated rings. The van der Waals surface area contributed by atoms with E-state index in [-0.39, 0.29) is 43.9 Å². The molecule has 30 heavy (non-hydrogen) atoms. The van der Waals surface area contributed by atoms with Crippen LogP contribution < -0.4 is 10.6 Å². The number of hydrogen-bond acceptors (Lipinski definition) is 5. The fraction of sp³-hybridized carbons (Fsp3) is 0.318. The lowest BCUT2D eigenvalue weighted by Gasteiger charge is -2.21. The number of esters is 1. The van der Waals surface area contributed by atoms with Crippen LogP contribution in [0.5, 0.6) is 0 Å². The van der Waals surface area contributed by atoms with Crippen LogP contribution in [-0.2, 0) is 20.9 Å². The molecule has 0 atom stereocenters. The first kappa shape index (κ1) is 23.0. The van der Waals surface area contributed by atoms with Crippen LogP contribution in [0.3, 0.4) is 0 Å². The second kappa shape index (κ2) is 11.7. The Labute approximate surface area is 175 Å². The fourth-order valence-corrected chi connectivity index (χ4v) is 2.81. The molecular weight excluding hydrogens is 389 g/mol. The van der Waals surface area contributed by atoms with Gasteiger partial charge in [0.25, 0.3) is 5.91 Å². The minimum absolute atomic E-state index is 0.0818. The Hall–Kier alpha value is -3.26. The third kappa shape index (κ3) is 7.63. The molecule has 2 rings (SSSR count). The van der Waals surface area contributed by atoms with Crippen molar-refractivity contribution in [1.82, 2.24) is 10.2 Å². The van der Waals surface area contributed by atoms with E-state index in [0.29, 0.717) is 17.8 Å². The van der Waals surface area contributed by atoms with E-state index in [0.717, 1.165) is 5.56 Å². The van der Waals surface area contributed by atoms with Gasteiger partial charge in [0.15, 0.2) is 0 Å². The summed E-state index contributed by atoms with van der Waals surface area (Å²) in [7, 11) is 0. The van der Waals surface area contributed by atoms with Crippen molar-refractivity contribution in [2.45, 2.75) is 20.4 Å². The molecule has 0 unspecified atom stereocenters. The topological polar surface area (TPSA) is 87.7 Å². The van der Waals surface area contributed by atoms with Crippen molar-refractivity contribution < 1.29 is 23.5 Å². The lowest BCUT2D eigenvalue weighted by Crippen LogP contribution is -2.37. The van der Waals surface area contributed by atoms with E-state index in [1.54, 1.807) is 48.2 Å². The maximum absolute atomic E-state index is 13.1. The van der Waals surface area contributed by atoms with Gasteiger partial charge in [0.2, 0.25) is 5.91 Å². The average Bonchev–Trinajstić information content (AvgIpc) is 2.70. The highest BCUT2D eigenvalue weighted by atomic mass is 19.1. The highest BCUT2D eigenvalue weighted by Gasteiger charge is 2.17. The highest BCUT2D eigenvalue weighted by Crippen LogP contribution is 2.12. The molecule has 2 aromatic rings. The molecule has 0 bridgehead atoms. The predicted octanol–water partition coefficient (Wildman–Crippen LogP) is 2.58. The van der Waals surface area contributed by atoms with Crippen LogP contribution in [0.2, 0.25) is 0 Å². The predicted molar refractivity (Wildman–Crippen MR) is 111 cm³/mol. The summed E-state index contributed by atoms with van der Waals surface area (Å²) >= 11 is 0. The van der Waals surface area contributed by atoms with Gasteiger partial charge in [0.1, 0.15) is 5.82 Å². The monoisotopic (exact) mass is 415 g/mol. The van der Waals surface area contributed by atoms with Crippen LogP contribution in [0.1, 0.15) is 29.8 Å². The highest BCUT2D eigenvalue weighted by molar-refractivity contribution is 5.97. The van der Waals surface area contributed by atoms with E-state index in [1.807, 2.05) is 6.92 Å². The Kier molecular flexibility index (Phi) is 8.96. The minimum Gasteiger partial charge on any atom is -0.465 e. The zero-order chi connectivity index (χ0) is 21.9. The smallest absolute Gasteiger partial charge is 0.320 e. The maximum atomic E-state index is 13.1. The molecule has 7 nitrogen and oxygen atoms in total. The van der Waals surface area contributed by atoms with Crippen LogP contribution in [0, 0.1) is 5.82 Å². The van der Waals surface area contributed by atoms with Gasteiger partial charge in [0, 0.05) is 24.3 Å². The van der Waals surface area contributed by atoms with Crippen LogP contribution in [0.25, 0.3) is 0 Å². The summed E-state index contributed by atoms with van der Waals surface area (Å²) < 4.78 is 18.1. The van der Waals surface area contributed by atoms with Crippen LogP contribution in [-0.4, -0.2) is 48.9 Å². The summed E-state index contributed by atoms with van der Waals surface area (Å²) in [6.07, 6.45) is 0. The molecule has 0 aliphatic heterocycles. The van der Waals surface area contributed by atoms with Gasteiger partial charge in [-0.2, -0.15) is 0 Å². The number of nitrogens with zero attached hydrogens (tertiary/aromatic N) is 1. The molecule has 160 valence electrons. The number of amides is 2. The molecule has 8 heteroatoms. The fourth-order valence-electron chi connectivity index (χ4n) is 2.81. The Morgan fingerprint density at radius 3 is 2.43 bits per heavy atom. The van der Waals surface area contributed by atoms with Crippen LogP contribution in [0.4, 0.5) is 10.1 Å². The van der Waals surface area contributed by atoms with Crippen molar-refractivity contribution >= 4 is 23.5 Å². The van der Waals surface area contributed by atoms with Crippen LogP contribution in [0.15, 0.2) is 48.5 Å². The largest absolute Gasteiger partial charge is 0.465 e. The van der Waals surface area contributed by atoms with Gasteiger partial charge in [-0.3, -0.25) is 19.3 Å².